The molecule has 0 bridgehead atoms. The minimum absolute atomic E-state index is 0. The number of halogens is 2. The van der Waals surface area contributed by atoms with E-state index in [1.165, 1.54) is 18.2 Å². The number of hydrogen-bond acceptors (Lipinski definition) is 4. The summed E-state index contributed by atoms with van der Waals surface area (Å²) in [6.07, 6.45) is 2.50. The van der Waals surface area contributed by atoms with E-state index in [1.807, 2.05) is 13.0 Å². The van der Waals surface area contributed by atoms with Crippen molar-refractivity contribution in [1.29, 1.82) is 5.26 Å². The van der Waals surface area contributed by atoms with Gasteiger partial charge in [-0.05, 0) is 18.6 Å². The molecule has 1 rings (SSSR count). The molecule has 3 N–H and O–H groups in total. The van der Waals surface area contributed by atoms with E-state index < -0.39 is 10.0 Å². The van der Waals surface area contributed by atoms with Gasteiger partial charge in [-0.1, -0.05) is 37.4 Å². The number of nitriles is 1. The van der Waals surface area contributed by atoms with Crippen molar-refractivity contribution in [2.45, 2.75) is 37.1 Å². The Labute approximate surface area is 136 Å². The Balaban J connectivity index is 0.00000400. The number of nitrogens with two attached hydrogens (primary N) is 1. The Kier molecular flexibility index (Phi) is 8.86. The molecule has 1 aromatic carbocycles. The first-order chi connectivity index (χ1) is 9.46. The van der Waals surface area contributed by atoms with Crippen LogP contribution in [0.2, 0.25) is 5.02 Å². The number of sulfonamides is 1. The molecule has 5 nitrogen and oxygen atoms in total. The van der Waals surface area contributed by atoms with Crippen molar-refractivity contribution >= 4 is 34.0 Å². The largest absolute Gasteiger partial charge is 0.329 e. The average Bonchev–Trinajstić information content (AvgIpc) is 2.43. The third-order valence-corrected chi connectivity index (χ3v) is 4.77. The van der Waals surface area contributed by atoms with Crippen molar-refractivity contribution in [2.75, 3.05) is 6.54 Å². The van der Waals surface area contributed by atoms with Gasteiger partial charge in [0.25, 0.3) is 0 Å². The molecule has 0 spiro atoms. The highest BCUT2D eigenvalue weighted by molar-refractivity contribution is 7.89. The fourth-order valence-corrected chi connectivity index (χ4v) is 3.53. The lowest BCUT2D eigenvalue weighted by molar-refractivity contribution is 0.516. The number of unbranched alkanes of at least 4 members (excludes halogenated alkanes) is 1. The number of benzene rings is 1. The van der Waals surface area contributed by atoms with Crippen LogP contribution in [0.1, 0.15) is 31.7 Å². The van der Waals surface area contributed by atoms with Gasteiger partial charge in [0, 0.05) is 12.6 Å². The van der Waals surface area contributed by atoms with Crippen LogP contribution in [0, 0.1) is 11.3 Å². The van der Waals surface area contributed by atoms with Crippen molar-refractivity contribution < 1.29 is 8.42 Å². The molecule has 0 heterocycles. The van der Waals surface area contributed by atoms with E-state index >= 15 is 0 Å². The van der Waals surface area contributed by atoms with Gasteiger partial charge in [0.2, 0.25) is 10.0 Å². The number of nitrogens with one attached hydrogen (secondary N) is 1. The minimum Gasteiger partial charge on any atom is -0.329 e. The predicted octanol–water partition coefficient (Wildman–Crippen LogP) is 2.43. The van der Waals surface area contributed by atoms with Crippen molar-refractivity contribution in [3.05, 3.63) is 28.8 Å². The maximum Gasteiger partial charge on any atom is 0.242 e. The van der Waals surface area contributed by atoms with Crippen molar-refractivity contribution in [3.8, 4) is 6.07 Å². The van der Waals surface area contributed by atoms with Crippen LogP contribution in [-0.4, -0.2) is 21.0 Å². The van der Waals surface area contributed by atoms with Crippen molar-refractivity contribution in [2.24, 2.45) is 5.73 Å². The lowest BCUT2D eigenvalue weighted by atomic mass is 10.1. The molecule has 0 saturated carbocycles. The summed E-state index contributed by atoms with van der Waals surface area (Å²) in [6, 6.07) is 5.83. The second-order valence-corrected chi connectivity index (χ2v) is 6.51. The first-order valence-electron chi connectivity index (χ1n) is 6.37. The Morgan fingerprint density at radius 2 is 2.14 bits per heavy atom. The summed E-state index contributed by atoms with van der Waals surface area (Å²) in [5.41, 5.74) is 5.53. The number of nitrogens with zero attached hydrogens (tertiary/aromatic N) is 1. The first-order valence-corrected chi connectivity index (χ1v) is 8.23. The lowest BCUT2D eigenvalue weighted by Gasteiger charge is -2.17. The van der Waals surface area contributed by atoms with E-state index in [9.17, 15) is 8.42 Å². The standard InChI is InChI=1S/C13H18ClN3O2S.ClH/c1-2-3-5-10(8-15)17-20(18,19)13-7-4-6-12(14)11(13)9-16;/h4,6-7,10,17H,2-3,5,8,15H2,1H3;1H. The van der Waals surface area contributed by atoms with Gasteiger partial charge in [0.15, 0.2) is 0 Å². The maximum atomic E-state index is 12.3. The SMILES string of the molecule is CCCCC(CN)NS(=O)(=O)c1cccc(Cl)c1C#N.Cl. The van der Waals surface area contributed by atoms with Crippen LogP contribution in [0.3, 0.4) is 0 Å². The minimum atomic E-state index is -3.80. The van der Waals surface area contributed by atoms with Crippen LogP contribution in [-0.2, 0) is 10.0 Å². The molecule has 0 fully saturated rings. The molecule has 0 aliphatic rings. The zero-order valence-corrected chi connectivity index (χ0v) is 14.1. The Bertz CT molecular complexity index is 600. The molecule has 0 aromatic heterocycles. The van der Waals surface area contributed by atoms with Gasteiger partial charge in [-0.25, -0.2) is 13.1 Å². The zero-order chi connectivity index (χ0) is 15.2. The maximum absolute atomic E-state index is 12.3. The van der Waals surface area contributed by atoms with Crippen LogP contribution >= 0.6 is 24.0 Å². The molecule has 0 saturated heterocycles. The van der Waals surface area contributed by atoms with Crippen LogP contribution in [0.25, 0.3) is 0 Å². The highest BCUT2D eigenvalue weighted by Crippen LogP contribution is 2.23. The topological polar surface area (TPSA) is 96.0 Å². The first kappa shape index (κ1) is 20.2. The average molecular weight is 352 g/mol. The summed E-state index contributed by atoms with van der Waals surface area (Å²) >= 11 is 5.85. The van der Waals surface area contributed by atoms with Crippen LogP contribution < -0.4 is 10.5 Å². The molecule has 118 valence electrons. The normalized spacial score (nSPS) is 12.3. The highest BCUT2D eigenvalue weighted by atomic mass is 35.5. The third kappa shape index (κ3) is 5.46. The molecule has 1 atom stereocenters. The zero-order valence-electron chi connectivity index (χ0n) is 11.7. The lowest BCUT2D eigenvalue weighted by Crippen LogP contribution is -2.40. The van der Waals surface area contributed by atoms with Gasteiger partial charge in [-0.15, -0.1) is 12.4 Å². The van der Waals surface area contributed by atoms with Crippen LogP contribution in [0.4, 0.5) is 0 Å². The van der Waals surface area contributed by atoms with E-state index in [2.05, 4.69) is 4.72 Å². The highest BCUT2D eigenvalue weighted by Gasteiger charge is 2.23. The second kappa shape index (κ2) is 9.23. The van der Waals surface area contributed by atoms with Crippen molar-refractivity contribution in [3.63, 3.8) is 0 Å². The van der Waals surface area contributed by atoms with Crippen LogP contribution in [0.5, 0.6) is 0 Å². The van der Waals surface area contributed by atoms with E-state index in [1.54, 1.807) is 0 Å². The summed E-state index contributed by atoms with van der Waals surface area (Å²) in [7, 11) is -3.80. The summed E-state index contributed by atoms with van der Waals surface area (Å²) in [5, 5.41) is 9.16. The fraction of sp³-hybridized carbons (Fsp3) is 0.462. The molecule has 0 aliphatic heterocycles. The fourth-order valence-electron chi connectivity index (χ4n) is 1.80. The third-order valence-electron chi connectivity index (χ3n) is 2.89. The molecule has 0 radical (unpaired) electrons. The molecule has 0 aliphatic carbocycles. The summed E-state index contributed by atoms with van der Waals surface area (Å²) in [4.78, 5) is -0.109. The Morgan fingerprint density at radius 1 is 1.48 bits per heavy atom. The summed E-state index contributed by atoms with van der Waals surface area (Å²) < 4.78 is 27.2. The second-order valence-electron chi connectivity index (χ2n) is 4.42. The van der Waals surface area contributed by atoms with Gasteiger partial charge < -0.3 is 5.73 Å². The quantitative estimate of drug-likeness (QED) is 0.788. The van der Waals surface area contributed by atoms with Crippen LogP contribution in [0.15, 0.2) is 23.1 Å². The number of rotatable bonds is 7. The Morgan fingerprint density at radius 3 is 2.67 bits per heavy atom. The number of hydrogen-bond donors (Lipinski definition) is 2. The van der Waals surface area contributed by atoms with E-state index in [0.717, 1.165) is 12.8 Å². The van der Waals surface area contributed by atoms with Gasteiger partial charge in [-0.2, -0.15) is 5.26 Å². The smallest absolute Gasteiger partial charge is 0.242 e. The molecule has 21 heavy (non-hydrogen) atoms. The van der Waals surface area contributed by atoms with Gasteiger partial charge in [0.05, 0.1) is 10.6 Å². The predicted molar refractivity (Wildman–Crippen MR) is 86.1 cm³/mol. The Hall–Kier alpha value is -0.840. The van der Waals surface area contributed by atoms with E-state index in [4.69, 9.17) is 22.6 Å². The van der Waals surface area contributed by atoms with Gasteiger partial charge in [-0.3, -0.25) is 0 Å². The van der Waals surface area contributed by atoms with Crippen molar-refractivity contribution in [1.82, 2.24) is 4.72 Å². The molecule has 1 aromatic rings. The van der Waals surface area contributed by atoms with Gasteiger partial charge >= 0.3 is 0 Å². The monoisotopic (exact) mass is 351 g/mol. The summed E-state index contributed by atoms with van der Waals surface area (Å²) in [6.45, 7) is 2.23. The summed E-state index contributed by atoms with van der Waals surface area (Å²) in [5.74, 6) is 0. The molecule has 1 unspecified atom stereocenters. The molecule has 8 heteroatoms. The van der Waals surface area contributed by atoms with E-state index in [-0.39, 0.29) is 40.5 Å². The van der Waals surface area contributed by atoms with Gasteiger partial charge in [0.1, 0.15) is 11.0 Å². The molecular formula is C13H19Cl2N3O2S. The molecule has 0 amide bonds. The molecular weight excluding hydrogens is 333 g/mol. The van der Waals surface area contributed by atoms with E-state index in [0.29, 0.717) is 6.42 Å².